The maximum atomic E-state index is 11.2. The van der Waals surface area contributed by atoms with Crippen LogP contribution in [0.25, 0.3) is 11.4 Å². The molecule has 0 atom stereocenters. The average Bonchev–Trinajstić information content (AvgIpc) is 2.89. The molecule has 0 saturated carbocycles. The molecule has 2 aliphatic rings. The molecule has 0 bridgehead atoms. The van der Waals surface area contributed by atoms with Gasteiger partial charge in [-0.15, -0.1) is 0 Å². The minimum absolute atomic E-state index is 0.132. The lowest BCUT2D eigenvalue weighted by Gasteiger charge is -2.35. The van der Waals surface area contributed by atoms with Crippen LogP contribution in [-0.4, -0.2) is 102 Å². The van der Waals surface area contributed by atoms with E-state index in [-0.39, 0.29) is 11.9 Å². The fourth-order valence-electron chi connectivity index (χ4n) is 4.04. The van der Waals surface area contributed by atoms with Gasteiger partial charge in [0.2, 0.25) is 17.8 Å². The van der Waals surface area contributed by atoms with Gasteiger partial charge >= 0.3 is 5.97 Å². The number of morpholine rings is 1. The summed E-state index contributed by atoms with van der Waals surface area (Å²) in [5, 5.41) is 0. The first-order chi connectivity index (χ1) is 16.6. The number of methoxy groups -OCH3 is 1. The summed E-state index contributed by atoms with van der Waals surface area (Å²) in [7, 11) is 1.44. The number of ether oxygens (including phenoxy) is 2. The van der Waals surface area contributed by atoms with Gasteiger partial charge in [-0.2, -0.15) is 15.0 Å². The second-order valence-electron chi connectivity index (χ2n) is 8.40. The summed E-state index contributed by atoms with van der Waals surface area (Å²) in [5.74, 6) is 1.94. The van der Waals surface area contributed by atoms with E-state index >= 15 is 0 Å². The van der Waals surface area contributed by atoms with Crippen LogP contribution in [0.3, 0.4) is 0 Å². The van der Waals surface area contributed by atoms with Crippen molar-refractivity contribution in [3.63, 3.8) is 0 Å². The molecule has 2 aliphatic heterocycles. The molecule has 2 saturated heterocycles. The van der Waals surface area contributed by atoms with E-state index < -0.39 is 0 Å². The summed E-state index contributed by atoms with van der Waals surface area (Å²) in [6.45, 7) is 7.37. The lowest BCUT2D eigenvalue weighted by Crippen LogP contribution is -2.47. The molecule has 0 aromatic carbocycles. The number of unbranched alkanes of at least 4 members (excludes halogenated alkanes) is 2. The van der Waals surface area contributed by atoms with Gasteiger partial charge in [0.1, 0.15) is 0 Å². The van der Waals surface area contributed by atoms with E-state index in [4.69, 9.17) is 30.2 Å². The SMILES string of the molecule is COC(=O)CCCCCN1CCN(c2nc(-c3cnc(N)nc3)nc(N3CCOCC3)n2)CC1. The molecule has 0 spiro atoms. The molecule has 4 rings (SSSR count). The van der Waals surface area contributed by atoms with Crippen molar-refractivity contribution < 1.29 is 14.3 Å². The highest BCUT2D eigenvalue weighted by atomic mass is 16.5. The molecule has 34 heavy (non-hydrogen) atoms. The highest BCUT2D eigenvalue weighted by molar-refractivity contribution is 5.69. The molecule has 0 aliphatic carbocycles. The molecule has 0 unspecified atom stereocenters. The number of hydrogen-bond donors (Lipinski definition) is 1. The van der Waals surface area contributed by atoms with Crippen LogP contribution < -0.4 is 15.5 Å². The molecule has 2 fully saturated rings. The number of aromatic nitrogens is 5. The van der Waals surface area contributed by atoms with Crippen LogP contribution in [-0.2, 0) is 14.3 Å². The first-order valence-corrected chi connectivity index (χ1v) is 11.8. The topological polar surface area (TPSA) is 136 Å². The number of nitrogens with zero attached hydrogens (tertiary/aromatic N) is 8. The van der Waals surface area contributed by atoms with Gasteiger partial charge < -0.3 is 25.0 Å². The number of rotatable bonds is 9. The normalized spacial score (nSPS) is 17.1. The zero-order valence-electron chi connectivity index (χ0n) is 19.7. The fraction of sp³-hybridized carbons (Fsp3) is 0.636. The molecule has 2 N–H and O–H groups in total. The van der Waals surface area contributed by atoms with E-state index in [2.05, 4.69) is 24.7 Å². The first kappa shape index (κ1) is 24.0. The number of nitrogens with two attached hydrogens (primary N) is 1. The monoisotopic (exact) mass is 471 g/mol. The number of carbonyl (C=O) groups excluding carboxylic acids is 1. The summed E-state index contributed by atoms with van der Waals surface area (Å²) >= 11 is 0. The standard InChI is InChI=1S/C22H33N9O3/c1-33-18(32)5-3-2-4-6-29-7-9-30(10-8-29)21-26-19(17-15-24-20(23)25-16-17)27-22(28-21)31-11-13-34-14-12-31/h15-16H,2-14H2,1H3,(H2,23,24,25). The van der Waals surface area contributed by atoms with Gasteiger partial charge in [-0.25, -0.2) is 9.97 Å². The van der Waals surface area contributed by atoms with Gasteiger partial charge in [-0.1, -0.05) is 6.42 Å². The van der Waals surface area contributed by atoms with Crippen LogP contribution in [0, 0.1) is 0 Å². The number of hydrogen-bond acceptors (Lipinski definition) is 12. The van der Waals surface area contributed by atoms with Crippen molar-refractivity contribution in [2.24, 2.45) is 0 Å². The van der Waals surface area contributed by atoms with Crippen molar-refractivity contribution in [2.45, 2.75) is 25.7 Å². The molecular weight excluding hydrogens is 438 g/mol. The Balaban J connectivity index is 1.39. The Labute approximate surface area is 199 Å². The van der Waals surface area contributed by atoms with E-state index in [1.165, 1.54) is 7.11 Å². The van der Waals surface area contributed by atoms with E-state index in [0.29, 0.717) is 42.9 Å². The van der Waals surface area contributed by atoms with Crippen LogP contribution in [0.4, 0.5) is 17.8 Å². The lowest BCUT2D eigenvalue weighted by molar-refractivity contribution is -0.140. The zero-order valence-corrected chi connectivity index (χ0v) is 19.7. The van der Waals surface area contributed by atoms with E-state index in [1.54, 1.807) is 12.4 Å². The van der Waals surface area contributed by atoms with Gasteiger partial charge in [0.15, 0.2) is 5.82 Å². The van der Waals surface area contributed by atoms with Crippen LogP contribution in [0.2, 0.25) is 0 Å². The fourth-order valence-corrected chi connectivity index (χ4v) is 4.04. The number of anilines is 3. The quantitative estimate of drug-likeness (QED) is 0.405. The third kappa shape index (κ3) is 6.48. The molecule has 2 aromatic heterocycles. The van der Waals surface area contributed by atoms with Crippen molar-refractivity contribution in [1.82, 2.24) is 29.8 Å². The van der Waals surface area contributed by atoms with Gasteiger partial charge in [0, 0.05) is 58.1 Å². The molecule has 4 heterocycles. The highest BCUT2D eigenvalue weighted by Gasteiger charge is 2.23. The Morgan fingerprint density at radius 2 is 1.59 bits per heavy atom. The number of carbonyl (C=O) groups is 1. The van der Waals surface area contributed by atoms with Crippen LogP contribution >= 0.6 is 0 Å². The van der Waals surface area contributed by atoms with Crippen molar-refractivity contribution >= 4 is 23.8 Å². The second-order valence-corrected chi connectivity index (χ2v) is 8.40. The largest absolute Gasteiger partial charge is 0.469 e. The summed E-state index contributed by atoms with van der Waals surface area (Å²) in [4.78, 5) is 40.5. The predicted octanol–water partition coefficient (Wildman–Crippen LogP) is 0.603. The Kier molecular flexibility index (Phi) is 8.36. The Hall–Kier alpha value is -3.12. The molecule has 184 valence electrons. The van der Waals surface area contributed by atoms with Crippen molar-refractivity contribution in [3.05, 3.63) is 12.4 Å². The Morgan fingerprint density at radius 1 is 0.941 bits per heavy atom. The minimum atomic E-state index is -0.132. The van der Waals surface area contributed by atoms with Crippen molar-refractivity contribution in [1.29, 1.82) is 0 Å². The molecular formula is C22H33N9O3. The number of esters is 1. The summed E-state index contributed by atoms with van der Waals surface area (Å²) in [5.41, 5.74) is 6.36. The van der Waals surface area contributed by atoms with Gasteiger partial charge in [-0.3, -0.25) is 9.69 Å². The van der Waals surface area contributed by atoms with Gasteiger partial charge in [0.05, 0.1) is 25.9 Å². The van der Waals surface area contributed by atoms with E-state index in [1.807, 2.05) is 0 Å². The predicted molar refractivity (Wildman–Crippen MR) is 127 cm³/mol. The number of piperazine rings is 1. The van der Waals surface area contributed by atoms with Crippen LogP contribution in [0.1, 0.15) is 25.7 Å². The Bertz CT molecular complexity index is 930. The number of nitrogen functional groups attached to an aromatic ring is 1. The Morgan fingerprint density at radius 3 is 2.24 bits per heavy atom. The molecule has 12 nitrogen and oxygen atoms in total. The molecule has 12 heteroatoms. The maximum Gasteiger partial charge on any atom is 0.305 e. The minimum Gasteiger partial charge on any atom is -0.469 e. The van der Waals surface area contributed by atoms with Crippen LogP contribution in [0.15, 0.2) is 12.4 Å². The third-order valence-electron chi connectivity index (χ3n) is 6.07. The second kappa shape index (κ2) is 11.8. The van der Waals surface area contributed by atoms with Gasteiger partial charge in [0.25, 0.3) is 0 Å². The molecule has 0 radical (unpaired) electrons. The third-order valence-corrected chi connectivity index (χ3v) is 6.07. The van der Waals surface area contributed by atoms with Crippen LogP contribution in [0.5, 0.6) is 0 Å². The lowest BCUT2D eigenvalue weighted by atomic mass is 10.2. The van der Waals surface area contributed by atoms with E-state index in [0.717, 1.165) is 65.1 Å². The van der Waals surface area contributed by atoms with E-state index in [9.17, 15) is 4.79 Å². The van der Waals surface area contributed by atoms with Crippen molar-refractivity contribution in [2.75, 3.05) is 81.7 Å². The first-order valence-electron chi connectivity index (χ1n) is 11.8. The van der Waals surface area contributed by atoms with Gasteiger partial charge in [-0.05, 0) is 19.4 Å². The molecule has 2 aromatic rings. The molecule has 0 amide bonds. The average molecular weight is 472 g/mol. The summed E-state index contributed by atoms with van der Waals surface area (Å²) in [6, 6.07) is 0. The summed E-state index contributed by atoms with van der Waals surface area (Å²) in [6.07, 6.45) is 6.76. The smallest absolute Gasteiger partial charge is 0.305 e. The summed E-state index contributed by atoms with van der Waals surface area (Å²) < 4.78 is 10.2. The maximum absolute atomic E-state index is 11.2. The van der Waals surface area contributed by atoms with Crippen molar-refractivity contribution in [3.8, 4) is 11.4 Å². The highest BCUT2D eigenvalue weighted by Crippen LogP contribution is 2.22. The zero-order chi connectivity index (χ0) is 23.8.